The molecule has 7 nitrogen and oxygen atoms in total. The van der Waals surface area contributed by atoms with Gasteiger partial charge in [-0.25, -0.2) is 0 Å². The summed E-state index contributed by atoms with van der Waals surface area (Å²) in [7, 11) is 0. The van der Waals surface area contributed by atoms with E-state index in [4.69, 9.17) is 9.47 Å². The van der Waals surface area contributed by atoms with Gasteiger partial charge in [0.1, 0.15) is 13.2 Å². The van der Waals surface area contributed by atoms with Crippen molar-refractivity contribution >= 4 is 17.3 Å². The first kappa shape index (κ1) is 21.1. The Morgan fingerprint density at radius 2 is 1.78 bits per heavy atom. The number of aliphatic hydroxyl groups excluding tert-OH is 1. The predicted octanol–water partition coefficient (Wildman–Crippen LogP) is 2.61. The summed E-state index contributed by atoms with van der Waals surface area (Å²) in [6.07, 6.45) is 1.39. The van der Waals surface area contributed by atoms with E-state index in [0.29, 0.717) is 19.8 Å². The number of anilines is 2. The normalized spacial score (nSPS) is 19.4. The van der Waals surface area contributed by atoms with Gasteiger partial charge in [0.15, 0.2) is 11.5 Å². The van der Waals surface area contributed by atoms with Crippen molar-refractivity contribution in [2.75, 3.05) is 62.3 Å². The van der Waals surface area contributed by atoms with Crippen LogP contribution in [0.25, 0.3) is 0 Å². The monoisotopic (exact) mass is 437 g/mol. The third-order valence-corrected chi connectivity index (χ3v) is 6.68. The first-order valence-electron chi connectivity index (χ1n) is 11.5. The van der Waals surface area contributed by atoms with Gasteiger partial charge in [-0.1, -0.05) is 12.1 Å². The summed E-state index contributed by atoms with van der Waals surface area (Å²) in [6.45, 7) is 7.81. The van der Waals surface area contributed by atoms with Crippen molar-refractivity contribution in [2.24, 2.45) is 0 Å². The molecule has 0 bridgehead atoms. The molecule has 3 aliphatic rings. The predicted molar refractivity (Wildman–Crippen MR) is 124 cm³/mol. The maximum Gasteiger partial charge on any atom is 0.223 e. The lowest BCUT2D eigenvalue weighted by atomic mass is 9.97. The van der Waals surface area contributed by atoms with Crippen molar-refractivity contribution in [3.8, 4) is 11.5 Å². The first-order chi connectivity index (χ1) is 15.6. The Bertz CT molecular complexity index is 987. The van der Waals surface area contributed by atoms with Crippen LogP contribution in [0.4, 0.5) is 11.4 Å². The summed E-state index contributed by atoms with van der Waals surface area (Å²) in [5.74, 6) is 1.72. The molecule has 3 heterocycles. The molecule has 2 aromatic carbocycles. The Labute approximate surface area is 189 Å². The highest BCUT2D eigenvalue weighted by Gasteiger charge is 2.24. The van der Waals surface area contributed by atoms with E-state index in [0.717, 1.165) is 79.6 Å². The Morgan fingerprint density at radius 1 is 1.00 bits per heavy atom. The molecule has 5 rings (SSSR count). The highest BCUT2D eigenvalue weighted by Crippen LogP contribution is 2.34. The highest BCUT2D eigenvalue weighted by atomic mass is 16.6. The van der Waals surface area contributed by atoms with Gasteiger partial charge >= 0.3 is 0 Å². The van der Waals surface area contributed by atoms with Gasteiger partial charge in [0.05, 0.1) is 6.10 Å². The van der Waals surface area contributed by atoms with Gasteiger partial charge in [-0.2, -0.15) is 0 Å². The summed E-state index contributed by atoms with van der Waals surface area (Å²) in [5.41, 5.74) is 4.24. The van der Waals surface area contributed by atoms with Gasteiger partial charge < -0.3 is 24.4 Å². The summed E-state index contributed by atoms with van der Waals surface area (Å²) in [5, 5.41) is 10.9. The number of hydrogen-bond donors (Lipinski definition) is 1. The maximum absolute atomic E-state index is 11.9. The molecule has 0 spiro atoms. The molecule has 7 heteroatoms. The van der Waals surface area contributed by atoms with Gasteiger partial charge in [0.25, 0.3) is 0 Å². The quantitative estimate of drug-likeness (QED) is 0.793. The Kier molecular flexibility index (Phi) is 5.93. The number of hydrogen-bond acceptors (Lipinski definition) is 6. The first-order valence-corrected chi connectivity index (χ1v) is 11.5. The molecule has 0 aromatic heterocycles. The zero-order chi connectivity index (χ0) is 22.1. The standard InChI is InChI=1S/C25H31N3O4/c1-18(29)28-8-2-3-19-15-20(4-6-22(19)28)23(30)17-26-9-11-27(12-10-26)21-5-7-24-25(16-21)32-14-13-31-24/h4-7,15-16,23,30H,2-3,8-14,17H2,1H3. The van der Waals surface area contributed by atoms with Crippen LogP contribution in [-0.4, -0.2) is 68.4 Å². The number of ether oxygens (including phenoxy) is 2. The topological polar surface area (TPSA) is 65.5 Å². The average molecular weight is 438 g/mol. The average Bonchev–Trinajstić information content (AvgIpc) is 2.83. The fourth-order valence-electron chi connectivity index (χ4n) is 4.92. The molecule has 0 radical (unpaired) electrons. The smallest absolute Gasteiger partial charge is 0.223 e. The Balaban J connectivity index is 1.19. The van der Waals surface area contributed by atoms with Gasteiger partial charge in [-0.15, -0.1) is 0 Å². The number of aliphatic hydroxyl groups is 1. The number of aryl methyl sites for hydroxylation is 1. The molecule has 3 aliphatic heterocycles. The zero-order valence-electron chi connectivity index (χ0n) is 18.6. The van der Waals surface area contributed by atoms with Crippen molar-refractivity contribution in [1.82, 2.24) is 4.90 Å². The minimum Gasteiger partial charge on any atom is -0.486 e. The van der Waals surface area contributed by atoms with E-state index in [1.54, 1.807) is 6.92 Å². The van der Waals surface area contributed by atoms with Gasteiger partial charge in [0, 0.05) is 63.6 Å². The van der Waals surface area contributed by atoms with E-state index in [2.05, 4.69) is 28.0 Å². The van der Waals surface area contributed by atoms with Crippen LogP contribution in [0.1, 0.15) is 30.6 Å². The van der Waals surface area contributed by atoms with Crippen molar-refractivity contribution in [3.63, 3.8) is 0 Å². The molecule has 1 N–H and O–H groups in total. The molecule has 1 saturated heterocycles. The fourth-order valence-corrected chi connectivity index (χ4v) is 4.92. The summed E-state index contributed by atoms with van der Waals surface area (Å²) < 4.78 is 11.3. The highest BCUT2D eigenvalue weighted by molar-refractivity contribution is 5.92. The van der Waals surface area contributed by atoms with Gasteiger partial charge in [-0.05, 0) is 42.2 Å². The molecule has 2 aromatic rings. The molecule has 0 saturated carbocycles. The summed E-state index contributed by atoms with van der Waals surface area (Å²) in [6, 6.07) is 12.2. The van der Waals surface area contributed by atoms with Crippen LogP contribution in [0.2, 0.25) is 0 Å². The lowest BCUT2D eigenvalue weighted by Gasteiger charge is -2.37. The second-order valence-corrected chi connectivity index (χ2v) is 8.79. The van der Waals surface area contributed by atoms with Gasteiger partial charge in [0.2, 0.25) is 5.91 Å². The molecule has 1 unspecified atom stereocenters. The van der Waals surface area contributed by atoms with E-state index < -0.39 is 6.10 Å². The fraction of sp³-hybridized carbons (Fsp3) is 0.480. The number of fused-ring (bicyclic) bond motifs is 2. The Hall–Kier alpha value is -2.77. The SMILES string of the molecule is CC(=O)N1CCCc2cc(C(O)CN3CCN(c4ccc5c(c4)OCCO5)CC3)ccc21. The molecule has 1 amide bonds. The van der Waals surface area contributed by atoms with Crippen LogP contribution in [0.3, 0.4) is 0 Å². The lowest BCUT2D eigenvalue weighted by molar-refractivity contribution is -0.116. The maximum atomic E-state index is 11.9. The molecule has 170 valence electrons. The molecule has 1 atom stereocenters. The molecule has 0 aliphatic carbocycles. The van der Waals surface area contributed by atoms with E-state index >= 15 is 0 Å². The van der Waals surface area contributed by atoms with Crippen molar-refractivity contribution in [2.45, 2.75) is 25.9 Å². The van der Waals surface area contributed by atoms with Crippen LogP contribution in [0.15, 0.2) is 36.4 Å². The number of carbonyl (C=O) groups excluding carboxylic acids is 1. The minimum absolute atomic E-state index is 0.0788. The van der Waals surface area contributed by atoms with E-state index in [9.17, 15) is 9.90 Å². The summed E-state index contributed by atoms with van der Waals surface area (Å²) >= 11 is 0. The van der Waals surface area contributed by atoms with Crippen LogP contribution < -0.4 is 19.3 Å². The zero-order valence-corrected chi connectivity index (χ0v) is 18.6. The number of amides is 1. The second-order valence-electron chi connectivity index (χ2n) is 8.79. The Morgan fingerprint density at radius 3 is 2.56 bits per heavy atom. The van der Waals surface area contributed by atoms with E-state index in [1.165, 1.54) is 0 Å². The number of β-amino-alcohol motifs (C(OH)–C–C–N with tert-alkyl or cyclic N) is 1. The number of nitrogens with zero attached hydrogens (tertiary/aromatic N) is 3. The van der Waals surface area contributed by atoms with Crippen LogP contribution >= 0.6 is 0 Å². The lowest BCUT2D eigenvalue weighted by Crippen LogP contribution is -2.47. The number of carbonyl (C=O) groups is 1. The third-order valence-electron chi connectivity index (χ3n) is 6.68. The number of benzene rings is 2. The van der Waals surface area contributed by atoms with Crippen LogP contribution in [0.5, 0.6) is 11.5 Å². The minimum atomic E-state index is -0.533. The molecular formula is C25H31N3O4. The van der Waals surface area contributed by atoms with Crippen molar-refractivity contribution in [3.05, 3.63) is 47.5 Å². The van der Waals surface area contributed by atoms with E-state index in [1.807, 2.05) is 23.1 Å². The van der Waals surface area contributed by atoms with Gasteiger partial charge in [-0.3, -0.25) is 9.69 Å². The number of rotatable bonds is 4. The molecule has 32 heavy (non-hydrogen) atoms. The second kappa shape index (κ2) is 9.00. The third kappa shape index (κ3) is 4.27. The largest absolute Gasteiger partial charge is 0.486 e. The van der Waals surface area contributed by atoms with Crippen LogP contribution in [0, 0.1) is 0 Å². The van der Waals surface area contributed by atoms with Crippen LogP contribution in [-0.2, 0) is 11.2 Å². The number of piperazine rings is 1. The van der Waals surface area contributed by atoms with Crippen molar-refractivity contribution < 1.29 is 19.4 Å². The molecule has 1 fully saturated rings. The molecular weight excluding hydrogens is 406 g/mol. The van der Waals surface area contributed by atoms with E-state index in [-0.39, 0.29) is 5.91 Å². The van der Waals surface area contributed by atoms with Crippen molar-refractivity contribution in [1.29, 1.82) is 0 Å². The summed E-state index contributed by atoms with van der Waals surface area (Å²) in [4.78, 5) is 18.4.